The first-order chi connectivity index (χ1) is 9.79. The quantitative estimate of drug-likeness (QED) is 0.815. The molecule has 0 bridgehead atoms. The van der Waals surface area contributed by atoms with Crippen molar-refractivity contribution >= 4 is 18.6 Å². The standard InChI is InChI=1S/C13H12S.C2HF3O2/c14-13-8-6-12(7-9-13)10-11-4-2-1-3-5-11;3-2(4,5)1(6)7/h1-9,14H,10H2;(H,6,7). The number of carbonyl (C=O) groups is 1. The van der Waals surface area contributed by atoms with Gasteiger partial charge in [0.1, 0.15) is 0 Å². The van der Waals surface area contributed by atoms with Crippen LogP contribution in [0.15, 0.2) is 59.5 Å². The molecule has 0 aliphatic rings. The highest BCUT2D eigenvalue weighted by atomic mass is 32.1. The van der Waals surface area contributed by atoms with Crippen molar-refractivity contribution in [3.63, 3.8) is 0 Å². The van der Waals surface area contributed by atoms with Gasteiger partial charge in [0, 0.05) is 4.90 Å². The van der Waals surface area contributed by atoms with Gasteiger partial charge in [-0.15, -0.1) is 12.6 Å². The fraction of sp³-hybridized carbons (Fsp3) is 0.133. The summed E-state index contributed by atoms with van der Waals surface area (Å²) in [6, 6.07) is 18.8. The summed E-state index contributed by atoms with van der Waals surface area (Å²) in [5.41, 5.74) is 2.67. The van der Waals surface area contributed by atoms with Crippen molar-refractivity contribution in [1.82, 2.24) is 0 Å². The third-order valence-electron chi connectivity index (χ3n) is 2.43. The van der Waals surface area contributed by atoms with E-state index in [1.165, 1.54) is 11.1 Å². The maximum atomic E-state index is 10.6. The Kier molecular flexibility index (Phi) is 6.30. The van der Waals surface area contributed by atoms with E-state index in [-0.39, 0.29) is 0 Å². The van der Waals surface area contributed by atoms with Crippen molar-refractivity contribution in [2.75, 3.05) is 0 Å². The second-order valence-corrected chi connectivity index (χ2v) is 4.65. The summed E-state index contributed by atoms with van der Waals surface area (Å²) in [5.74, 6) is -2.76. The van der Waals surface area contributed by atoms with Crippen molar-refractivity contribution in [1.29, 1.82) is 0 Å². The summed E-state index contributed by atoms with van der Waals surface area (Å²) >= 11 is 4.26. The van der Waals surface area contributed by atoms with Crippen LogP contribution in [0.5, 0.6) is 0 Å². The lowest BCUT2D eigenvalue weighted by molar-refractivity contribution is -0.192. The van der Waals surface area contributed by atoms with Crippen LogP contribution in [0.2, 0.25) is 0 Å². The van der Waals surface area contributed by atoms with Gasteiger partial charge in [0.15, 0.2) is 0 Å². The molecule has 0 unspecified atom stereocenters. The molecule has 0 atom stereocenters. The van der Waals surface area contributed by atoms with E-state index in [2.05, 4.69) is 49.0 Å². The van der Waals surface area contributed by atoms with Gasteiger partial charge in [-0.3, -0.25) is 0 Å². The number of benzene rings is 2. The predicted octanol–water partition coefficient (Wildman–Crippen LogP) is 4.20. The van der Waals surface area contributed by atoms with Crippen molar-refractivity contribution in [2.24, 2.45) is 0 Å². The van der Waals surface area contributed by atoms with Gasteiger partial charge in [-0.1, -0.05) is 42.5 Å². The number of alkyl halides is 3. The van der Waals surface area contributed by atoms with Gasteiger partial charge in [-0.2, -0.15) is 13.2 Å². The molecule has 0 fully saturated rings. The average molecular weight is 314 g/mol. The minimum atomic E-state index is -5.08. The van der Waals surface area contributed by atoms with Gasteiger partial charge >= 0.3 is 12.1 Å². The van der Waals surface area contributed by atoms with Crippen LogP contribution in [0.25, 0.3) is 0 Å². The fourth-order valence-corrected chi connectivity index (χ4v) is 1.59. The van der Waals surface area contributed by atoms with Crippen LogP contribution in [-0.2, 0) is 11.2 Å². The Labute approximate surface area is 125 Å². The highest BCUT2D eigenvalue weighted by molar-refractivity contribution is 7.80. The molecule has 0 saturated heterocycles. The molecule has 1 N–H and O–H groups in total. The summed E-state index contributed by atoms with van der Waals surface area (Å²) in [6.45, 7) is 0. The zero-order valence-electron chi connectivity index (χ0n) is 10.8. The molecule has 0 heterocycles. The highest BCUT2D eigenvalue weighted by Crippen LogP contribution is 2.13. The van der Waals surface area contributed by atoms with Crippen LogP contribution in [0.1, 0.15) is 11.1 Å². The summed E-state index contributed by atoms with van der Waals surface area (Å²) in [6.07, 6.45) is -4.09. The largest absolute Gasteiger partial charge is 0.490 e. The lowest BCUT2D eigenvalue weighted by Gasteiger charge is -2.01. The Morgan fingerprint density at radius 1 is 0.952 bits per heavy atom. The van der Waals surface area contributed by atoms with Crippen LogP contribution in [0.4, 0.5) is 13.2 Å². The predicted molar refractivity (Wildman–Crippen MR) is 76.6 cm³/mol. The van der Waals surface area contributed by atoms with Gasteiger partial charge in [-0.05, 0) is 29.7 Å². The third kappa shape index (κ3) is 6.85. The molecule has 112 valence electrons. The molecule has 0 aliphatic heterocycles. The van der Waals surface area contributed by atoms with E-state index in [9.17, 15) is 13.2 Å². The molecular formula is C15H13F3O2S. The van der Waals surface area contributed by atoms with E-state index in [4.69, 9.17) is 9.90 Å². The maximum absolute atomic E-state index is 10.6. The number of carboxylic acid groups (broad SMARTS) is 1. The zero-order chi connectivity index (χ0) is 15.9. The lowest BCUT2D eigenvalue weighted by Crippen LogP contribution is -2.21. The summed E-state index contributed by atoms with van der Waals surface area (Å²) in [5, 5.41) is 7.12. The molecule has 2 rings (SSSR count). The highest BCUT2D eigenvalue weighted by Gasteiger charge is 2.38. The molecule has 0 amide bonds. The van der Waals surface area contributed by atoms with E-state index in [1.807, 2.05) is 18.2 Å². The summed E-state index contributed by atoms with van der Waals surface area (Å²) < 4.78 is 31.7. The molecule has 0 aromatic heterocycles. The van der Waals surface area contributed by atoms with E-state index in [1.54, 1.807) is 0 Å². The Morgan fingerprint density at radius 2 is 1.38 bits per heavy atom. The van der Waals surface area contributed by atoms with Gasteiger partial charge in [0.05, 0.1) is 0 Å². The molecule has 0 aliphatic carbocycles. The molecule has 2 nitrogen and oxygen atoms in total. The monoisotopic (exact) mass is 314 g/mol. The van der Waals surface area contributed by atoms with Gasteiger partial charge < -0.3 is 5.11 Å². The second-order valence-electron chi connectivity index (χ2n) is 4.13. The number of aliphatic carboxylic acids is 1. The van der Waals surface area contributed by atoms with E-state index >= 15 is 0 Å². The molecule has 2 aromatic carbocycles. The molecular weight excluding hydrogens is 301 g/mol. The van der Waals surface area contributed by atoms with Crippen molar-refractivity contribution < 1.29 is 23.1 Å². The van der Waals surface area contributed by atoms with Crippen LogP contribution in [0.3, 0.4) is 0 Å². The number of hydrogen-bond donors (Lipinski definition) is 2. The third-order valence-corrected chi connectivity index (χ3v) is 2.73. The number of carboxylic acids is 1. The minimum absolute atomic E-state index is 0.995. The summed E-state index contributed by atoms with van der Waals surface area (Å²) in [4.78, 5) is 9.91. The van der Waals surface area contributed by atoms with Crippen molar-refractivity contribution in [2.45, 2.75) is 17.5 Å². The molecule has 0 saturated carbocycles. The van der Waals surface area contributed by atoms with E-state index < -0.39 is 12.1 Å². The van der Waals surface area contributed by atoms with Crippen LogP contribution in [-0.4, -0.2) is 17.3 Å². The Hall–Kier alpha value is -1.95. The van der Waals surface area contributed by atoms with Crippen molar-refractivity contribution in [3.8, 4) is 0 Å². The van der Waals surface area contributed by atoms with E-state index in [0.29, 0.717) is 0 Å². The first-order valence-electron chi connectivity index (χ1n) is 5.91. The molecule has 6 heteroatoms. The lowest BCUT2D eigenvalue weighted by atomic mass is 10.1. The molecule has 2 aromatic rings. The average Bonchev–Trinajstić information content (AvgIpc) is 2.42. The molecule has 21 heavy (non-hydrogen) atoms. The SMILES string of the molecule is O=C(O)C(F)(F)F.Sc1ccc(Cc2ccccc2)cc1. The number of thiol groups is 1. The smallest absolute Gasteiger partial charge is 0.475 e. The summed E-state index contributed by atoms with van der Waals surface area (Å²) in [7, 11) is 0. The van der Waals surface area contributed by atoms with Crippen LogP contribution >= 0.6 is 12.6 Å². The Bertz CT molecular complexity index is 566. The van der Waals surface area contributed by atoms with Crippen LogP contribution in [0, 0.1) is 0 Å². The normalized spacial score (nSPS) is 10.5. The molecule has 0 radical (unpaired) electrons. The molecule has 0 spiro atoms. The van der Waals surface area contributed by atoms with Crippen LogP contribution < -0.4 is 0 Å². The maximum Gasteiger partial charge on any atom is 0.490 e. The second kappa shape index (κ2) is 7.73. The topological polar surface area (TPSA) is 37.3 Å². The van der Waals surface area contributed by atoms with E-state index in [0.717, 1.165) is 11.3 Å². The number of hydrogen-bond acceptors (Lipinski definition) is 2. The minimum Gasteiger partial charge on any atom is -0.475 e. The zero-order valence-corrected chi connectivity index (χ0v) is 11.7. The number of halogens is 3. The Morgan fingerprint density at radius 3 is 1.81 bits per heavy atom. The Balaban J connectivity index is 0.000000270. The number of rotatable bonds is 2. The van der Waals surface area contributed by atoms with Gasteiger partial charge in [0.2, 0.25) is 0 Å². The fourth-order valence-electron chi connectivity index (χ4n) is 1.45. The first-order valence-corrected chi connectivity index (χ1v) is 6.35. The van der Waals surface area contributed by atoms with Gasteiger partial charge in [-0.25, -0.2) is 4.79 Å². The first kappa shape index (κ1) is 17.1. The van der Waals surface area contributed by atoms with Crippen molar-refractivity contribution in [3.05, 3.63) is 65.7 Å². The van der Waals surface area contributed by atoms with Gasteiger partial charge in [0.25, 0.3) is 0 Å².